The first-order chi connectivity index (χ1) is 8.17. The van der Waals surface area contributed by atoms with Gasteiger partial charge in [0.1, 0.15) is 5.75 Å². The molecule has 0 amide bonds. The van der Waals surface area contributed by atoms with Crippen LogP contribution in [0.5, 0.6) is 5.75 Å². The molecule has 0 bridgehead atoms. The van der Waals surface area contributed by atoms with Gasteiger partial charge in [0, 0.05) is 32.4 Å². The van der Waals surface area contributed by atoms with Crippen molar-refractivity contribution in [2.45, 2.75) is 13.5 Å². The van der Waals surface area contributed by atoms with Crippen molar-refractivity contribution in [2.75, 3.05) is 33.4 Å². The quantitative estimate of drug-likeness (QED) is 0.728. The van der Waals surface area contributed by atoms with Crippen LogP contribution in [-0.2, 0) is 11.3 Å². The van der Waals surface area contributed by atoms with Crippen molar-refractivity contribution < 1.29 is 14.9 Å². The Hall–Kier alpha value is -1.17. The zero-order valence-corrected chi connectivity index (χ0v) is 10.4. The molecule has 0 saturated carbocycles. The summed E-state index contributed by atoms with van der Waals surface area (Å²) in [7, 11) is 1.64. The Morgan fingerprint density at radius 3 is 2.76 bits per heavy atom. The highest BCUT2D eigenvalue weighted by molar-refractivity contribution is 5.27. The van der Waals surface area contributed by atoms with Gasteiger partial charge in [-0.25, -0.2) is 0 Å². The fourth-order valence-corrected chi connectivity index (χ4v) is 1.56. The van der Waals surface area contributed by atoms with Gasteiger partial charge in [0.05, 0.1) is 18.9 Å². The lowest BCUT2D eigenvalue weighted by Gasteiger charge is -2.20. The number of aromatic hydroxyl groups is 1. The first-order valence-electron chi connectivity index (χ1n) is 5.65. The molecule has 1 heterocycles. The highest BCUT2D eigenvalue weighted by Gasteiger charge is 2.10. The van der Waals surface area contributed by atoms with Crippen molar-refractivity contribution in [3.05, 3.63) is 23.5 Å². The van der Waals surface area contributed by atoms with E-state index in [2.05, 4.69) is 4.98 Å². The van der Waals surface area contributed by atoms with E-state index in [1.165, 1.54) is 0 Å². The number of nitrogens with zero attached hydrogens (tertiary/aromatic N) is 2. The van der Waals surface area contributed by atoms with Gasteiger partial charge in [-0.1, -0.05) is 0 Å². The molecule has 5 heteroatoms. The summed E-state index contributed by atoms with van der Waals surface area (Å²) < 4.78 is 5.00. The lowest BCUT2D eigenvalue weighted by molar-refractivity contribution is 0.125. The van der Waals surface area contributed by atoms with Crippen LogP contribution in [0.3, 0.4) is 0 Å². The second kappa shape index (κ2) is 7.21. The summed E-state index contributed by atoms with van der Waals surface area (Å²) in [6.07, 6.45) is 0. The Morgan fingerprint density at radius 2 is 2.12 bits per heavy atom. The first kappa shape index (κ1) is 13.9. The molecule has 0 unspecified atom stereocenters. The molecular weight excluding hydrogens is 220 g/mol. The van der Waals surface area contributed by atoms with Crippen molar-refractivity contribution >= 4 is 0 Å². The third-order valence-electron chi connectivity index (χ3n) is 2.49. The van der Waals surface area contributed by atoms with Crippen LogP contribution in [0.1, 0.15) is 11.4 Å². The third-order valence-corrected chi connectivity index (χ3v) is 2.49. The van der Waals surface area contributed by atoms with Gasteiger partial charge >= 0.3 is 0 Å². The summed E-state index contributed by atoms with van der Waals surface area (Å²) in [5, 5.41) is 18.7. The lowest BCUT2D eigenvalue weighted by Crippen LogP contribution is -2.30. The maximum atomic E-state index is 9.69. The molecule has 0 aliphatic heterocycles. The molecule has 0 atom stereocenters. The SMILES string of the molecule is COCCN(CCO)Cc1nc(C)ccc1O. The van der Waals surface area contributed by atoms with E-state index in [-0.39, 0.29) is 12.4 Å². The number of aryl methyl sites for hydroxylation is 1. The van der Waals surface area contributed by atoms with Gasteiger partial charge in [-0.05, 0) is 19.1 Å². The molecule has 0 fully saturated rings. The van der Waals surface area contributed by atoms with Crippen LogP contribution in [0.15, 0.2) is 12.1 Å². The van der Waals surface area contributed by atoms with Crippen molar-refractivity contribution in [3.63, 3.8) is 0 Å². The van der Waals surface area contributed by atoms with Crippen LogP contribution in [0.2, 0.25) is 0 Å². The highest BCUT2D eigenvalue weighted by atomic mass is 16.5. The zero-order valence-electron chi connectivity index (χ0n) is 10.4. The number of hydrogen-bond donors (Lipinski definition) is 2. The molecule has 1 aromatic rings. The molecule has 17 heavy (non-hydrogen) atoms. The largest absolute Gasteiger partial charge is 0.506 e. The normalized spacial score (nSPS) is 11.1. The van der Waals surface area contributed by atoms with Gasteiger partial charge in [-0.2, -0.15) is 0 Å². The number of methoxy groups -OCH3 is 1. The van der Waals surface area contributed by atoms with Crippen molar-refractivity contribution in [1.29, 1.82) is 0 Å². The van der Waals surface area contributed by atoms with Gasteiger partial charge in [0.25, 0.3) is 0 Å². The van der Waals surface area contributed by atoms with E-state index in [1.54, 1.807) is 19.2 Å². The standard InChI is InChI=1S/C12H20N2O3/c1-10-3-4-12(16)11(13-10)9-14(5-7-15)6-8-17-2/h3-4,15-16H,5-9H2,1-2H3. The van der Waals surface area contributed by atoms with Crippen LogP contribution in [0, 0.1) is 6.92 Å². The number of ether oxygens (including phenoxy) is 1. The van der Waals surface area contributed by atoms with Gasteiger partial charge in [0.15, 0.2) is 0 Å². The second-order valence-electron chi connectivity index (χ2n) is 3.91. The number of hydrogen-bond acceptors (Lipinski definition) is 5. The minimum absolute atomic E-state index is 0.0797. The Bertz CT molecular complexity index is 345. The number of aliphatic hydroxyl groups is 1. The minimum Gasteiger partial charge on any atom is -0.506 e. The van der Waals surface area contributed by atoms with Gasteiger partial charge < -0.3 is 14.9 Å². The molecule has 0 radical (unpaired) electrons. The maximum Gasteiger partial charge on any atom is 0.138 e. The molecule has 0 aliphatic carbocycles. The van der Waals surface area contributed by atoms with Gasteiger partial charge in [-0.3, -0.25) is 9.88 Å². The molecule has 5 nitrogen and oxygen atoms in total. The molecule has 96 valence electrons. The molecule has 2 N–H and O–H groups in total. The monoisotopic (exact) mass is 240 g/mol. The summed E-state index contributed by atoms with van der Waals surface area (Å²) in [6, 6.07) is 3.41. The topological polar surface area (TPSA) is 65.8 Å². The molecule has 0 saturated heterocycles. The predicted molar refractivity (Wildman–Crippen MR) is 64.9 cm³/mol. The Morgan fingerprint density at radius 1 is 1.35 bits per heavy atom. The third kappa shape index (κ3) is 4.68. The van der Waals surface area contributed by atoms with Crippen molar-refractivity contribution in [2.24, 2.45) is 0 Å². The molecule has 0 aromatic carbocycles. The van der Waals surface area contributed by atoms with Gasteiger partial charge in [0.2, 0.25) is 0 Å². The summed E-state index contributed by atoms with van der Waals surface area (Å²) >= 11 is 0. The van der Waals surface area contributed by atoms with Crippen molar-refractivity contribution in [1.82, 2.24) is 9.88 Å². The number of rotatable bonds is 7. The summed E-state index contributed by atoms with van der Waals surface area (Å²) in [4.78, 5) is 6.28. The van der Waals surface area contributed by atoms with Crippen LogP contribution in [0.4, 0.5) is 0 Å². The highest BCUT2D eigenvalue weighted by Crippen LogP contribution is 2.16. The van der Waals surface area contributed by atoms with E-state index in [0.717, 1.165) is 5.69 Å². The molecule has 0 spiro atoms. The lowest BCUT2D eigenvalue weighted by atomic mass is 10.2. The van der Waals surface area contributed by atoms with Crippen LogP contribution in [-0.4, -0.2) is 53.5 Å². The molecule has 1 aromatic heterocycles. The van der Waals surface area contributed by atoms with Crippen LogP contribution in [0.25, 0.3) is 0 Å². The van der Waals surface area contributed by atoms with Crippen LogP contribution >= 0.6 is 0 Å². The number of pyridine rings is 1. The Labute approximate surface area is 102 Å². The minimum atomic E-state index is 0.0797. The number of aliphatic hydroxyl groups excluding tert-OH is 1. The first-order valence-corrected chi connectivity index (χ1v) is 5.65. The van der Waals surface area contributed by atoms with E-state index in [9.17, 15) is 5.11 Å². The summed E-state index contributed by atoms with van der Waals surface area (Å²) in [5.41, 5.74) is 1.50. The predicted octanol–water partition coefficient (Wildman–Crippen LogP) is 0.536. The van der Waals surface area contributed by atoms with E-state index < -0.39 is 0 Å². The average Bonchev–Trinajstić information content (AvgIpc) is 2.31. The van der Waals surface area contributed by atoms with E-state index in [4.69, 9.17) is 9.84 Å². The molecule has 1 rings (SSSR count). The fraction of sp³-hybridized carbons (Fsp3) is 0.583. The maximum absolute atomic E-state index is 9.69. The van der Waals surface area contributed by atoms with E-state index >= 15 is 0 Å². The summed E-state index contributed by atoms with van der Waals surface area (Å²) in [5.74, 6) is 0.191. The van der Waals surface area contributed by atoms with Crippen LogP contribution < -0.4 is 0 Å². The summed E-state index contributed by atoms with van der Waals surface area (Å²) in [6.45, 7) is 4.30. The zero-order chi connectivity index (χ0) is 12.7. The smallest absolute Gasteiger partial charge is 0.138 e. The van der Waals surface area contributed by atoms with E-state index in [1.807, 2.05) is 11.8 Å². The van der Waals surface area contributed by atoms with E-state index in [0.29, 0.717) is 31.9 Å². The van der Waals surface area contributed by atoms with Gasteiger partial charge in [-0.15, -0.1) is 0 Å². The van der Waals surface area contributed by atoms with Crippen molar-refractivity contribution in [3.8, 4) is 5.75 Å². The second-order valence-corrected chi connectivity index (χ2v) is 3.91. The number of aromatic nitrogens is 1. The Kier molecular flexibility index (Phi) is 5.90. The molecular formula is C12H20N2O3. The Balaban J connectivity index is 2.67. The molecule has 0 aliphatic rings. The average molecular weight is 240 g/mol. The fourth-order valence-electron chi connectivity index (χ4n) is 1.56.